The van der Waals surface area contributed by atoms with Crippen molar-refractivity contribution in [1.82, 2.24) is 20.1 Å². The van der Waals surface area contributed by atoms with E-state index < -0.39 is 6.10 Å². The smallest absolute Gasteiger partial charge is 0.344 e. The van der Waals surface area contributed by atoms with Gasteiger partial charge in [0.25, 0.3) is 0 Å². The molecule has 1 amide bonds. The van der Waals surface area contributed by atoms with Crippen molar-refractivity contribution in [2.75, 3.05) is 53.0 Å². The molecule has 0 saturated carbocycles. The van der Waals surface area contributed by atoms with Crippen molar-refractivity contribution in [1.29, 1.82) is 0 Å². The number of piperidine rings is 1. The number of ether oxygens (including phenoxy) is 2. The predicted octanol–water partition coefficient (Wildman–Crippen LogP) is 2.92. The molecule has 3 aromatic rings. The molecule has 46 heavy (non-hydrogen) atoms. The standard InChI is InChI=1S/C33H40N4O7S2/c1-43-31(41)27-8-7-26(45-27)30(40)37-15-16-44-33(20-37)10-13-36(14-11-33)19-22-4-2-3-21(17-22)9-12-34-18-25(39)23-5-6-24(38)28-29(23)46-32(42)35-28/h2-6,8,17,25-26,34,38-39H,7,9-16,18-20H2,1H3,(H,35,42)/t25-,26?/m0/s1. The van der Waals surface area contributed by atoms with Gasteiger partial charge in [-0.3, -0.25) is 14.5 Å². The number of thiazole rings is 1. The fourth-order valence-corrected chi connectivity index (χ4v) is 8.57. The first-order valence-corrected chi connectivity index (χ1v) is 17.3. The average Bonchev–Trinajstić information content (AvgIpc) is 3.72. The van der Waals surface area contributed by atoms with E-state index in [0.717, 1.165) is 50.2 Å². The number of H-pyrrole nitrogens is 1. The van der Waals surface area contributed by atoms with Crippen LogP contribution in [0.2, 0.25) is 0 Å². The summed E-state index contributed by atoms with van der Waals surface area (Å²) in [5, 5.41) is 23.8. The molecule has 2 aromatic carbocycles. The summed E-state index contributed by atoms with van der Waals surface area (Å²) in [4.78, 5) is 44.2. The molecule has 1 aromatic heterocycles. The van der Waals surface area contributed by atoms with Gasteiger partial charge in [0.15, 0.2) is 0 Å². The number of hydrogen-bond acceptors (Lipinski definition) is 11. The number of benzene rings is 2. The number of thioether (sulfide) groups is 1. The van der Waals surface area contributed by atoms with Gasteiger partial charge in [-0.1, -0.05) is 47.7 Å². The Morgan fingerprint density at radius 3 is 2.80 bits per heavy atom. The number of likely N-dealkylation sites (tertiary alicyclic amines) is 1. The summed E-state index contributed by atoms with van der Waals surface area (Å²) in [6, 6.07) is 11.7. The number of hydrogen-bond donors (Lipinski definition) is 4. The van der Waals surface area contributed by atoms with Crippen molar-refractivity contribution in [3.8, 4) is 5.75 Å². The normalized spacial score (nSPS) is 20.6. The molecule has 2 atom stereocenters. The van der Waals surface area contributed by atoms with Crippen molar-refractivity contribution in [3.05, 3.63) is 73.7 Å². The largest absolute Gasteiger partial charge is 0.506 e. The molecule has 1 spiro atoms. The molecule has 0 radical (unpaired) electrons. The summed E-state index contributed by atoms with van der Waals surface area (Å²) in [7, 11) is 1.36. The van der Waals surface area contributed by atoms with E-state index in [4.69, 9.17) is 9.47 Å². The first kappa shape index (κ1) is 32.7. The molecule has 11 nitrogen and oxygen atoms in total. The number of phenols is 1. The van der Waals surface area contributed by atoms with E-state index in [1.165, 1.54) is 36.1 Å². The summed E-state index contributed by atoms with van der Waals surface area (Å²) < 4.78 is 11.7. The van der Waals surface area contributed by atoms with Gasteiger partial charge >= 0.3 is 10.8 Å². The van der Waals surface area contributed by atoms with Gasteiger partial charge in [0, 0.05) is 44.8 Å². The minimum atomic E-state index is -0.806. The number of phenolic OH excluding ortho intramolecular Hbond substituents is 1. The van der Waals surface area contributed by atoms with Gasteiger partial charge < -0.3 is 34.9 Å². The second kappa shape index (κ2) is 14.3. The van der Waals surface area contributed by atoms with Crippen LogP contribution in [0.15, 0.2) is 52.2 Å². The molecule has 3 aliphatic rings. The highest BCUT2D eigenvalue weighted by Crippen LogP contribution is 2.37. The third-order valence-corrected chi connectivity index (χ3v) is 11.2. The van der Waals surface area contributed by atoms with Crippen LogP contribution in [0.5, 0.6) is 5.75 Å². The molecule has 246 valence electrons. The lowest BCUT2D eigenvalue weighted by molar-refractivity contribution is -0.159. The van der Waals surface area contributed by atoms with Crippen LogP contribution in [0, 0.1) is 0 Å². The van der Waals surface area contributed by atoms with Gasteiger partial charge in [-0.05, 0) is 49.4 Å². The Kier molecular flexibility index (Phi) is 10.2. The number of methoxy groups -OCH3 is 1. The summed E-state index contributed by atoms with van der Waals surface area (Å²) >= 11 is 2.29. The number of aliphatic hydroxyl groups is 1. The monoisotopic (exact) mass is 668 g/mol. The highest BCUT2D eigenvalue weighted by molar-refractivity contribution is 8.05. The minimum absolute atomic E-state index is 0.00353. The first-order chi connectivity index (χ1) is 22.2. The van der Waals surface area contributed by atoms with Gasteiger partial charge in [0.2, 0.25) is 5.91 Å². The van der Waals surface area contributed by atoms with Crippen molar-refractivity contribution < 1.29 is 29.3 Å². The number of esters is 1. The van der Waals surface area contributed by atoms with Crippen molar-refractivity contribution in [3.63, 3.8) is 0 Å². The number of allylic oxidation sites excluding steroid dienone is 1. The zero-order valence-electron chi connectivity index (χ0n) is 25.8. The Morgan fingerprint density at radius 1 is 1.20 bits per heavy atom. The lowest BCUT2D eigenvalue weighted by atomic mass is 9.89. The summed E-state index contributed by atoms with van der Waals surface area (Å²) in [5.74, 6) is -0.311. The third kappa shape index (κ3) is 7.35. The topological polar surface area (TPSA) is 144 Å². The molecule has 0 aliphatic carbocycles. The average molecular weight is 669 g/mol. The first-order valence-electron chi connectivity index (χ1n) is 15.6. The van der Waals surface area contributed by atoms with Crippen LogP contribution in [-0.2, 0) is 32.0 Å². The van der Waals surface area contributed by atoms with E-state index in [0.29, 0.717) is 59.9 Å². The Labute approximate surface area is 275 Å². The molecular weight excluding hydrogens is 629 g/mol. The molecule has 3 aliphatic heterocycles. The molecule has 0 bridgehead atoms. The van der Waals surface area contributed by atoms with Crippen LogP contribution in [0.3, 0.4) is 0 Å². The quantitative estimate of drug-likeness (QED) is 0.188. The minimum Gasteiger partial charge on any atom is -0.506 e. The van der Waals surface area contributed by atoms with E-state index >= 15 is 0 Å². The maximum Gasteiger partial charge on any atom is 0.344 e. The van der Waals surface area contributed by atoms with Crippen LogP contribution in [-0.4, -0.2) is 101 Å². The lowest BCUT2D eigenvalue weighted by Crippen LogP contribution is -2.58. The maximum absolute atomic E-state index is 13.3. The summed E-state index contributed by atoms with van der Waals surface area (Å²) in [6.45, 7) is 5.32. The maximum atomic E-state index is 13.3. The summed E-state index contributed by atoms with van der Waals surface area (Å²) in [6.07, 6.45) is 4.07. The number of morpholine rings is 1. The van der Waals surface area contributed by atoms with E-state index in [1.54, 1.807) is 12.1 Å². The highest BCUT2D eigenvalue weighted by atomic mass is 32.2. The number of aromatic nitrogens is 1. The molecular formula is C33H40N4O7S2. The van der Waals surface area contributed by atoms with Crippen molar-refractivity contribution in [2.24, 2.45) is 0 Å². The number of aliphatic hydroxyl groups excluding tert-OH is 1. The number of nitrogens with one attached hydrogen (secondary N) is 2. The molecule has 4 N–H and O–H groups in total. The Morgan fingerprint density at radius 2 is 2.00 bits per heavy atom. The zero-order valence-corrected chi connectivity index (χ0v) is 27.5. The number of rotatable bonds is 10. The van der Waals surface area contributed by atoms with Crippen LogP contribution in [0.1, 0.15) is 42.1 Å². The fraction of sp³-hybridized carbons (Fsp3) is 0.485. The molecule has 2 fully saturated rings. The molecule has 4 heterocycles. The lowest BCUT2D eigenvalue weighted by Gasteiger charge is -2.47. The fourth-order valence-electron chi connectivity index (χ4n) is 6.53. The molecule has 6 rings (SSSR count). The molecule has 2 saturated heterocycles. The number of carbonyl (C=O) groups is 2. The Hall–Kier alpha value is -3.20. The highest BCUT2D eigenvalue weighted by Gasteiger charge is 2.43. The van der Waals surface area contributed by atoms with E-state index in [2.05, 4.69) is 39.5 Å². The molecule has 13 heteroatoms. The third-order valence-electron chi connectivity index (χ3n) is 9.05. The van der Waals surface area contributed by atoms with E-state index in [-0.39, 0.29) is 33.3 Å². The number of amides is 1. The number of nitrogens with zero attached hydrogens (tertiary/aromatic N) is 2. The number of fused-ring (bicyclic) bond motifs is 1. The van der Waals surface area contributed by atoms with Crippen LogP contribution in [0.4, 0.5) is 0 Å². The van der Waals surface area contributed by atoms with Gasteiger partial charge in [0.1, 0.15) is 11.3 Å². The van der Waals surface area contributed by atoms with Crippen LogP contribution in [0.25, 0.3) is 10.2 Å². The number of aromatic hydroxyl groups is 1. The SMILES string of the molecule is COC(=O)C1=CCC(C(=O)N2CCOC3(CCN(Cc4cccc(CCNC[C@H](O)c5ccc(O)c6[nH]c(=O)sc56)c4)CC3)C2)S1. The van der Waals surface area contributed by atoms with Gasteiger partial charge in [-0.25, -0.2) is 4.79 Å². The number of aromatic amines is 1. The Bertz CT molecular complexity index is 1660. The number of carbonyl (C=O) groups excluding carboxylic acids is 2. The van der Waals surface area contributed by atoms with E-state index in [1.807, 2.05) is 4.90 Å². The zero-order chi connectivity index (χ0) is 32.3. The van der Waals surface area contributed by atoms with Gasteiger partial charge in [-0.15, -0.1) is 11.8 Å². The van der Waals surface area contributed by atoms with Crippen molar-refractivity contribution >= 4 is 45.2 Å². The van der Waals surface area contributed by atoms with E-state index in [9.17, 15) is 24.6 Å². The predicted molar refractivity (Wildman–Crippen MR) is 178 cm³/mol. The van der Waals surface area contributed by atoms with Gasteiger partial charge in [-0.2, -0.15) is 0 Å². The second-order valence-electron chi connectivity index (χ2n) is 12.2. The van der Waals surface area contributed by atoms with Crippen LogP contribution >= 0.6 is 23.1 Å². The Balaban J connectivity index is 0.951. The van der Waals surface area contributed by atoms with Crippen LogP contribution < -0.4 is 10.2 Å². The summed E-state index contributed by atoms with van der Waals surface area (Å²) in [5.41, 5.74) is 3.11. The van der Waals surface area contributed by atoms with Crippen molar-refractivity contribution in [2.45, 2.75) is 49.2 Å². The molecule has 1 unspecified atom stereocenters. The second-order valence-corrected chi connectivity index (χ2v) is 14.4. The van der Waals surface area contributed by atoms with Gasteiger partial charge in [0.05, 0.1) is 40.3 Å².